The predicted molar refractivity (Wildman–Crippen MR) is 71.8 cm³/mol. The molecule has 1 aliphatic rings. The van der Waals surface area contributed by atoms with E-state index in [4.69, 9.17) is 0 Å². The highest BCUT2D eigenvalue weighted by Crippen LogP contribution is 2.20. The molecule has 0 atom stereocenters. The molecule has 0 aromatic rings. The van der Waals surface area contributed by atoms with Gasteiger partial charge in [-0.1, -0.05) is 20.8 Å². The SMILES string of the molecule is CC(C)N(CC1CCNCC1)CC(C)(C)C. The largest absolute Gasteiger partial charge is 0.317 e. The Hall–Kier alpha value is -0.0800. The number of nitrogens with zero attached hydrogens (tertiary/aromatic N) is 1. The van der Waals surface area contributed by atoms with Crippen molar-refractivity contribution in [1.82, 2.24) is 10.2 Å². The van der Waals surface area contributed by atoms with Crippen molar-refractivity contribution in [1.29, 1.82) is 0 Å². The van der Waals surface area contributed by atoms with Crippen molar-refractivity contribution in [2.75, 3.05) is 26.2 Å². The van der Waals surface area contributed by atoms with E-state index in [1.807, 2.05) is 0 Å². The lowest BCUT2D eigenvalue weighted by Gasteiger charge is -2.36. The van der Waals surface area contributed by atoms with Gasteiger partial charge >= 0.3 is 0 Å². The molecule has 1 saturated heterocycles. The van der Waals surface area contributed by atoms with Crippen LogP contribution in [-0.4, -0.2) is 37.1 Å². The summed E-state index contributed by atoms with van der Waals surface area (Å²) in [4.78, 5) is 2.66. The Morgan fingerprint density at radius 2 is 1.75 bits per heavy atom. The zero-order chi connectivity index (χ0) is 12.2. The summed E-state index contributed by atoms with van der Waals surface area (Å²) in [6.45, 7) is 16.6. The predicted octanol–water partition coefficient (Wildman–Crippen LogP) is 2.74. The van der Waals surface area contributed by atoms with Crippen LogP contribution in [0.15, 0.2) is 0 Å². The maximum atomic E-state index is 3.45. The van der Waals surface area contributed by atoms with Gasteiger partial charge in [0.05, 0.1) is 0 Å². The van der Waals surface area contributed by atoms with Gasteiger partial charge < -0.3 is 10.2 Å². The number of rotatable bonds is 4. The Morgan fingerprint density at radius 3 is 2.19 bits per heavy atom. The van der Waals surface area contributed by atoms with E-state index in [-0.39, 0.29) is 0 Å². The maximum Gasteiger partial charge on any atom is 0.00389 e. The summed E-state index contributed by atoms with van der Waals surface area (Å²) in [6, 6.07) is 0.675. The third-order valence-corrected chi connectivity index (χ3v) is 3.36. The second-order valence-corrected chi connectivity index (χ2v) is 6.78. The van der Waals surface area contributed by atoms with Crippen LogP contribution in [0.3, 0.4) is 0 Å². The quantitative estimate of drug-likeness (QED) is 0.793. The molecule has 0 amide bonds. The summed E-state index contributed by atoms with van der Waals surface area (Å²) < 4.78 is 0. The monoisotopic (exact) mass is 226 g/mol. The van der Waals surface area contributed by atoms with Gasteiger partial charge in [0.1, 0.15) is 0 Å². The van der Waals surface area contributed by atoms with Crippen LogP contribution in [-0.2, 0) is 0 Å². The first kappa shape index (κ1) is 14.0. The van der Waals surface area contributed by atoms with E-state index < -0.39 is 0 Å². The lowest BCUT2D eigenvalue weighted by molar-refractivity contribution is 0.122. The fraction of sp³-hybridized carbons (Fsp3) is 1.00. The molecule has 1 rings (SSSR count). The molecular formula is C14H30N2. The Kier molecular flexibility index (Phi) is 5.26. The molecule has 1 heterocycles. The van der Waals surface area contributed by atoms with Crippen LogP contribution >= 0.6 is 0 Å². The van der Waals surface area contributed by atoms with Crippen LogP contribution in [0.4, 0.5) is 0 Å². The van der Waals surface area contributed by atoms with Gasteiger partial charge in [-0.3, -0.25) is 0 Å². The fourth-order valence-corrected chi connectivity index (χ4v) is 2.46. The Morgan fingerprint density at radius 1 is 1.19 bits per heavy atom. The van der Waals surface area contributed by atoms with Gasteiger partial charge in [-0.15, -0.1) is 0 Å². The topological polar surface area (TPSA) is 15.3 Å². The standard InChI is InChI=1S/C14H30N2/c1-12(2)16(11-14(3,4)5)10-13-6-8-15-9-7-13/h12-13,15H,6-11H2,1-5H3. The van der Waals surface area contributed by atoms with Gasteiger partial charge in [0.15, 0.2) is 0 Å². The van der Waals surface area contributed by atoms with Crippen LogP contribution < -0.4 is 5.32 Å². The van der Waals surface area contributed by atoms with Crippen LogP contribution in [0.1, 0.15) is 47.5 Å². The maximum absolute atomic E-state index is 3.45. The smallest absolute Gasteiger partial charge is 0.00389 e. The molecule has 0 saturated carbocycles. The third kappa shape index (κ3) is 5.31. The second-order valence-electron chi connectivity index (χ2n) is 6.78. The molecule has 0 unspecified atom stereocenters. The first-order valence-corrected chi connectivity index (χ1v) is 6.83. The molecule has 2 nitrogen and oxygen atoms in total. The van der Waals surface area contributed by atoms with Gasteiger partial charge in [-0.2, -0.15) is 0 Å². The van der Waals surface area contributed by atoms with Gasteiger partial charge in [0.2, 0.25) is 0 Å². The normalized spacial score (nSPS) is 19.7. The van der Waals surface area contributed by atoms with Crippen LogP contribution in [0, 0.1) is 11.3 Å². The Bertz CT molecular complexity index is 187. The van der Waals surface area contributed by atoms with Crippen molar-refractivity contribution >= 4 is 0 Å². The molecule has 16 heavy (non-hydrogen) atoms. The molecule has 2 heteroatoms. The van der Waals surface area contributed by atoms with E-state index in [1.165, 1.54) is 39.0 Å². The van der Waals surface area contributed by atoms with Gasteiger partial charge in [-0.05, 0) is 51.1 Å². The van der Waals surface area contributed by atoms with Crippen molar-refractivity contribution in [2.45, 2.75) is 53.5 Å². The van der Waals surface area contributed by atoms with Crippen molar-refractivity contribution in [2.24, 2.45) is 11.3 Å². The average molecular weight is 226 g/mol. The van der Waals surface area contributed by atoms with Crippen molar-refractivity contribution in [3.63, 3.8) is 0 Å². The van der Waals surface area contributed by atoms with E-state index in [0.717, 1.165) is 5.92 Å². The minimum absolute atomic E-state index is 0.414. The summed E-state index contributed by atoms with van der Waals surface area (Å²) in [5.74, 6) is 0.908. The summed E-state index contributed by atoms with van der Waals surface area (Å²) in [5.41, 5.74) is 0.414. The molecule has 0 spiro atoms. The summed E-state index contributed by atoms with van der Waals surface area (Å²) in [6.07, 6.45) is 2.71. The molecule has 0 aliphatic carbocycles. The van der Waals surface area contributed by atoms with E-state index in [0.29, 0.717) is 11.5 Å². The van der Waals surface area contributed by atoms with E-state index in [1.54, 1.807) is 0 Å². The molecular weight excluding hydrogens is 196 g/mol. The van der Waals surface area contributed by atoms with Crippen LogP contribution in [0.2, 0.25) is 0 Å². The van der Waals surface area contributed by atoms with E-state index in [9.17, 15) is 0 Å². The minimum Gasteiger partial charge on any atom is -0.317 e. The number of nitrogens with one attached hydrogen (secondary N) is 1. The average Bonchev–Trinajstić information content (AvgIpc) is 2.16. The summed E-state index contributed by atoms with van der Waals surface area (Å²) >= 11 is 0. The van der Waals surface area contributed by atoms with Crippen LogP contribution in [0.5, 0.6) is 0 Å². The van der Waals surface area contributed by atoms with Crippen molar-refractivity contribution < 1.29 is 0 Å². The highest BCUT2D eigenvalue weighted by molar-refractivity contribution is 4.77. The highest BCUT2D eigenvalue weighted by atomic mass is 15.2. The highest BCUT2D eigenvalue weighted by Gasteiger charge is 2.22. The Labute approximate surface area is 102 Å². The number of hydrogen-bond donors (Lipinski definition) is 1. The van der Waals surface area contributed by atoms with E-state index in [2.05, 4.69) is 44.8 Å². The first-order valence-electron chi connectivity index (χ1n) is 6.83. The van der Waals surface area contributed by atoms with Gasteiger partial charge in [0.25, 0.3) is 0 Å². The first-order chi connectivity index (χ1) is 7.38. The molecule has 96 valence electrons. The van der Waals surface area contributed by atoms with E-state index >= 15 is 0 Å². The molecule has 1 fully saturated rings. The Balaban J connectivity index is 2.43. The lowest BCUT2D eigenvalue weighted by Crippen LogP contribution is -2.43. The van der Waals surface area contributed by atoms with Gasteiger partial charge in [0, 0.05) is 19.1 Å². The van der Waals surface area contributed by atoms with Crippen molar-refractivity contribution in [3.8, 4) is 0 Å². The number of piperidine rings is 1. The van der Waals surface area contributed by atoms with Crippen molar-refractivity contribution in [3.05, 3.63) is 0 Å². The number of hydrogen-bond acceptors (Lipinski definition) is 2. The second kappa shape index (κ2) is 6.02. The minimum atomic E-state index is 0.414. The molecule has 1 aliphatic heterocycles. The van der Waals surface area contributed by atoms with Gasteiger partial charge in [-0.25, -0.2) is 0 Å². The summed E-state index contributed by atoms with van der Waals surface area (Å²) in [7, 11) is 0. The third-order valence-electron chi connectivity index (χ3n) is 3.36. The molecule has 0 aromatic carbocycles. The molecule has 0 radical (unpaired) electrons. The van der Waals surface area contributed by atoms with Crippen LogP contribution in [0.25, 0.3) is 0 Å². The molecule has 1 N–H and O–H groups in total. The zero-order valence-electron chi connectivity index (χ0n) is 11.8. The summed E-state index contributed by atoms with van der Waals surface area (Å²) in [5, 5.41) is 3.45. The zero-order valence-corrected chi connectivity index (χ0v) is 11.8. The molecule has 0 bridgehead atoms. The molecule has 0 aromatic heterocycles. The lowest BCUT2D eigenvalue weighted by atomic mass is 9.92. The fourth-order valence-electron chi connectivity index (χ4n) is 2.46.